The lowest BCUT2D eigenvalue weighted by Gasteiger charge is -2.39. The van der Waals surface area contributed by atoms with Gasteiger partial charge in [-0.3, -0.25) is 4.90 Å². The molecule has 1 aromatic carbocycles. The van der Waals surface area contributed by atoms with Gasteiger partial charge in [0, 0.05) is 12.6 Å². The summed E-state index contributed by atoms with van der Waals surface area (Å²) in [4.78, 5) is 4.87. The fraction of sp³-hybridized carbons (Fsp3) is 0.588. The van der Waals surface area contributed by atoms with E-state index in [-0.39, 0.29) is 0 Å². The summed E-state index contributed by atoms with van der Waals surface area (Å²) in [7, 11) is 3.33. The average Bonchev–Trinajstić information content (AvgIpc) is 3.11. The normalized spacial score (nSPS) is 20.1. The molecule has 1 aromatic rings. The zero-order valence-corrected chi connectivity index (χ0v) is 15.4. The Hall–Kier alpha value is -0.980. The second kappa shape index (κ2) is 7.73. The minimum atomic E-state index is 0.735. The Morgan fingerprint density at radius 3 is 2.61 bits per heavy atom. The van der Waals surface area contributed by atoms with Crippen LogP contribution in [0.1, 0.15) is 31.2 Å². The highest BCUT2D eigenvalue weighted by Crippen LogP contribution is 2.31. The first-order valence-corrected chi connectivity index (χ1v) is 9.47. The molecule has 2 fully saturated rings. The molecule has 0 spiro atoms. The fourth-order valence-corrected chi connectivity index (χ4v) is 4.51. The zero-order chi connectivity index (χ0) is 16.2. The molecule has 0 bridgehead atoms. The van der Waals surface area contributed by atoms with Gasteiger partial charge in [0.25, 0.3) is 0 Å². The van der Waals surface area contributed by atoms with E-state index in [4.69, 9.17) is 21.7 Å². The van der Waals surface area contributed by atoms with Crippen LogP contribution in [0.4, 0.5) is 0 Å². The van der Waals surface area contributed by atoms with Gasteiger partial charge in [-0.2, -0.15) is 0 Å². The number of methoxy groups -OCH3 is 2. The Balaban J connectivity index is 1.68. The van der Waals surface area contributed by atoms with Crippen LogP contribution in [0.5, 0.6) is 11.5 Å². The van der Waals surface area contributed by atoms with Gasteiger partial charge in [0.1, 0.15) is 4.32 Å². The summed E-state index contributed by atoms with van der Waals surface area (Å²) in [5, 5.41) is 0. The number of benzene rings is 1. The van der Waals surface area contributed by atoms with Crippen LogP contribution in [0.15, 0.2) is 18.2 Å². The molecule has 0 aromatic heterocycles. The van der Waals surface area contributed by atoms with E-state index in [1.807, 2.05) is 12.1 Å². The van der Waals surface area contributed by atoms with Gasteiger partial charge in [0.05, 0.1) is 26.8 Å². The van der Waals surface area contributed by atoms with Crippen LogP contribution in [0.2, 0.25) is 0 Å². The maximum absolute atomic E-state index is 5.57. The van der Waals surface area contributed by atoms with Crippen molar-refractivity contribution < 1.29 is 9.47 Å². The largest absolute Gasteiger partial charge is 0.493 e. The number of thiocarbonyl (C=S) groups is 1. The highest BCUT2D eigenvalue weighted by atomic mass is 32.2. The summed E-state index contributed by atoms with van der Waals surface area (Å²) in [6.45, 7) is 1.75. The van der Waals surface area contributed by atoms with Gasteiger partial charge in [0.2, 0.25) is 0 Å². The molecule has 1 aliphatic carbocycles. The fourth-order valence-electron chi connectivity index (χ4n) is 3.35. The molecule has 1 saturated heterocycles. The van der Waals surface area contributed by atoms with E-state index < -0.39 is 0 Å². The molecule has 0 amide bonds. The summed E-state index contributed by atoms with van der Waals surface area (Å²) in [5.41, 5.74) is 1.19. The molecule has 3 rings (SSSR count). The van der Waals surface area contributed by atoms with Crippen molar-refractivity contribution in [2.75, 3.05) is 26.8 Å². The molecule has 6 heteroatoms. The first-order valence-electron chi connectivity index (χ1n) is 8.08. The van der Waals surface area contributed by atoms with Crippen molar-refractivity contribution in [2.45, 2.75) is 38.3 Å². The van der Waals surface area contributed by atoms with Gasteiger partial charge in [-0.15, -0.1) is 0 Å². The molecule has 0 atom stereocenters. The van der Waals surface area contributed by atoms with Gasteiger partial charge in [-0.1, -0.05) is 42.9 Å². The molecule has 1 heterocycles. The van der Waals surface area contributed by atoms with Crippen molar-refractivity contribution in [2.24, 2.45) is 0 Å². The lowest BCUT2D eigenvalue weighted by molar-refractivity contribution is 0.155. The maximum Gasteiger partial charge on any atom is 0.161 e. The van der Waals surface area contributed by atoms with E-state index in [1.54, 1.807) is 26.0 Å². The third-order valence-electron chi connectivity index (χ3n) is 4.63. The molecule has 0 unspecified atom stereocenters. The summed E-state index contributed by atoms with van der Waals surface area (Å²) in [6, 6.07) is 6.82. The molecular weight excluding hydrogens is 328 g/mol. The Labute approximate surface area is 148 Å². The van der Waals surface area contributed by atoms with E-state index in [9.17, 15) is 0 Å². The van der Waals surface area contributed by atoms with E-state index in [1.165, 1.54) is 31.2 Å². The second-order valence-electron chi connectivity index (χ2n) is 6.10. The third-order valence-corrected chi connectivity index (χ3v) is 6.20. The number of ether oxygens (including phenoxy) is 2. The van der Waals surface area contributed by atoms with Crippen molar-refractivity contribution in [1.82, 2.24) is 9.80 Å². The molecule has 126 valence electrons. The van der Waals surface area contributed by atoms with Gasteiger partial charge in [-0.25, -0.2) is 0 Å². The van der Waals surface area contributed by atoms with Crippen molar-refractivity contribution in [3.8, 4) is 11.5 Å². The predicted octanol–water partition coefficient (Wildman–Crippen LogP) is 3.70. The summed E-state index contributed by atoms with van der Waals surface area (Å²) in [5.74, 6) is 2.57. The van der Waals surface area contributed by atoms with E-state index >= 15 is 0 Å². The summed E-state index contributed by atoms with van der Waals surface area (Å²) in [6.07, 6.45) is 5.40. The van der Waals surface area contributed by atoms with E-state index in [0.717, 1.165) is 41.0 Å². The van der Waals surface area contributed by atoms with Crippen LogP contribution < -0.4 is 9.47 Å². The molecule has 4 nitrogen and oxygen atoms in total. The maximum atomic E-state index is 5.57. The first kappa shape index (κ1) is 16.9. The average molecular weight is 353 g/mol. The Morgan fingerprint density at radius 1 is 1.17 bits per heavy atom. The third kappa shape index (κ3) is 3.92. The monoisotopic (exact) mass is 352 g/mol. The van der Waals surface area contributed by atoms with E-state index in [0.29, 0.717) is 0 Å². The van der Waals surface area contributed by atoms with Gasteiger partial charge in [-0.05, 0) is 30.5 Å². The minimum absolute atomic E-state index is 0.735. The first-order chi connectivity index (χ1) is 11.2. The summed E-state index contributed by atoms with van der Waals surface area (Å²) >= 11 is 7.36. The second-order valence-corrected chi connectivity index (χ2v) is 7.67. The van der Waals surface area contributed by atoms with Crippen molar-refractivity contribution in [3.05, 3.63) is 23.8 Å². The Kier molecular flexibility index (Phi) is 5.67. The molecule has 2 aliphatic rings. The number of nitrogens with zero attached hydrogens (tertiary/aromatic N) is 2. The number of hydrogen-bond acceptors (Lipinski definition) is 5. The van der Waals surface area contributed by atoms with Crippen LogP contribution in [0, 0.1) is 0 Å². The standard InChI is InChI=1S/C17H24N2O2S2/c1-20-15-8-7-13(9-16(15)21-2)10-18-11-19(12-23-17(18)22)14-5-3-4-6-14/h7-9,14H,3-6,10-12H2,1-2H3. The zero-order valence-electron chi connectivity index (χ0n) is 13.8. The quantitative estimate of drug-likeness (QED) is 0.750. The Morgan fingerprint density at radius 2 is 1.91 bits per heavy atom. The Bertz CT molecular complexity index is 562. The molecule has 1 saturated carbocycles. The smallest absolute Gasteiger partial charge is 0.161 e. The lowest BCUT2D eigenvalue weighted by Crippen LogP contribution is -2.47. The topological polar surface area (TPSA) is 24.9 Å². The van der Waals surface area contributed by atoms with E-state index in [2.05, 4.69) is 15.9 Å². The highest BCUT2D eigenvalue weighted by molar-refractivity contribution is 8.22. The molecule has 23 heavy (non-hydrogen) atoms. The van der Waals surface area contributed by atoms with Gasteiger partial charge >= 0.3 is 0 Å². The number of thioether (sulfide) groups is 1. The SMILES string of the molecule is COc1ccc(CN2CN(C3CCCC3)CSC2=S)cc1OC. The van der Waals surface area contributed by atoms with Crippen LogP contribution in [-0.4, -0.2) is 46.9 Å². The number of rotatable bonds is 5. The minimum Gasteiger partial charge on any atom is -0.493 e. The number of hydrogen-bond donors (Lipinski definition) is 0. The molecule has 0 N–H and O–H groups in total. The van der Waals surface area contributed by atoms with Crippen LogP contribution in [0.25, 0.3) is 0 Å². The molecular formula is C17H24N2O2S2. The van der Waals surface area contributed by atoms with Crippen LogP contribution in [0.3, 0.4) is 0 Å². The van der Waals surface area contributed by atoms with Crippen LogP contribution in [-0.2, 0) is 6.54 Å². The van der Waals surface area contributed by atoms with Crippen molar-refractivity contribution >= 4 is 28.3 Å². The summed E-state index contributed by atoms with van der Waals surface area (Å²) < 4.78 is 11.7. The molecule has 1 aliphatic heterocycles. The highest BCUT2D eigenvalue weighted by Gasteiger charge is 2.29. The van der Waals surface area contributed by atoms with Crippen molar-refractivity contribution in [1.29, 1.82) is 0 Å². The van der Waals surface area contributed by atoms with Crippen LogP contribution >= 0.6 is 24.0 Å². The van der Waals surface area contributed by atoms with Gasteiger partial charge in [0.15, 0.2) is 11.5 Å². The van der Waals surface area contributed by atoms with Gasteiger partial charge < -0.3 is 14.4 Å². The predicted molar refractivity (Wildman–Crippen MR) is 99.1 cm³/mol. The lowest BCUT2D eigenvalue weighted by atomic mass is 10.2. The van der Waals surface area contributed by atoms with Crippen molar-refractivity contribution in [3.63, 3.8) is 0 Å². The molecule has 0 radical (unpaired) electrons.